The molecule has 0 aliphatic heterocycles. The number of para-hydroxylation sites is 1. The van der Waals surface area contributed by atoms with E-state index in [1.807, 2.05) is 43.3 Å². The number of benzene rings is 1. The first-order valence-corrected chi connectivity index (χ1v) is 8.90. The number of fused-ring (bicyclic) bond motifs is 1. The summed E-state index contributed by atoms with van der Waals surface area (Å²) in [4.78, 5) is 33.2. The third-order valence-electron chi connectivity index (χ3n) is 3.90. The van der Waals surface area contributed by atoms with E-state index in [0.29, 0.717) is 11.9 Å². The van der Waals surface area contributed by atoms with Gasteiger partial charge in [0.05, 0.1) is 11.7 Å². The first-order chi connectivity index (χ1) is 12.1. The molecular formula is C19H19N3O2S. The number of aromatic nitrogens is 2. The molecule has 2 aromatic heterocycles. The summed E-state index contributed by atoms with van der Waals surface area (Å²) in [6, 6.07) is 11.2. The molecular weight excluding hydrogens is 334 g/mol. The van der Waals surface area contributed by atoms with E-state index in [1.54, 1.807) is 11.0 Å². The third kappa shape index (κ3) is 3.53. The summed E-state index contributed by atoms with van der Waals surface area (Å²) < 4.78 is 1.37. The Labute approximate surface area is 149 Å². The summed E-state index contributed by atoms with van der Waals surface area (Å²) in [5, 5.41) is 0.576. The lowest BCUT2D eigenvalue weighted by molar-refractivity contribution is -0.119. The molecule has 0 saturated heterocycles. The molecule has 0 atom stereocenters. The Hall–Kier alpha value is -2.73. The van der Waals surface area contributed by atoms with E-state index >= 15 is 0 Å². The van der Waals surface area contributed by atoms with Crippen LogP contribution in [0.2, 0.25) is 0 Å². The molecule has 5 nitrogen and oxygen atoms in total. The van der Waals surface area contributed by atoms with E-state index in [4.69, 9.17) is 0 Å². The standard InChI is InChI=1S/C19H19N3O2S/c1-3-10-22(14-8-6-5-7-9-14)17(23)12-21-13-20-18-16(19(21)24)11-15(4-2)25-18/h3,5-9,11,13H,1,4,10,12H2,2H3. The van der Waals surface area contributed by atoms with Crippen LogP contribution in [0.25, 0.3) is 10.2 Å². The number of carbonyl (C=O) groups is 1. The van der Waals surface area contributed by atoms with E-state index < -0.39 is 0 Å². The monoisotopic (exact) mass is 353 g/mol. The highest BCUT2D eigenvalue weighted by atomic mass is 32.1. The quantitative estimate of drug-likeness (QED) is 0.639. The summed E-state index contributed by atoms with van der Waals surface area (Å²) in [6.07, 6.45) is 3.98. The highest BCUT2D eigenvalue weighted by Crippen LogP contribution is 2.21. The van der Waals surface area contributed by atoms with Crippen LogP contribution in [0.1, 0.15) is 11.8 Å². The van der Waals surface area contributed by atoms with E-state index in [9.17, 15) is 9.59 Å². The van der Waals surface area contributed by atoms with E-state index in [1.165, 1.54) is 22.2 Å². The summed E-state index contributed by atoms with van der Waals surface area (Å²) in [6.45, 7) is 6.08. The van der Waals surface area contributed by atoms with Crippen LogP contribution < -0.4 is 10.5 Å². The first kappa shape index (κ1) is 17.1. The van der Waals surface area contributed by atoms with Crippen LogP contribution in [0, 0.1) is 0 Å². The second-order valence-corrected chi connectivity index (χ2v) is 6.71. The SMILES string of the molecule is C=CCN(C(=O)Cn1cnc2sc(CC)cc2c1=O)c1ccccc1. The maximum atomic E-state index is 12.7. The van der Waals surface area contributed by atoms with Crippen molar-refractivity contribution in [2.24, 2.45) is 0 Å². The summed E-state index contributed by atoms with van der Waals surface area (Å²) >= 11 is 1.52. The average Bonchev–Trinajstić information content (AvgIpc) is 3.07. The molecule has 3 aromatic rings. The van der Waals surface area contributed by atoms with Crippen LogP contribution in [-0.4, -0.2) is 22.0 Å². The van der Waals surface area contributed by atoms with Gasteiger partial charge in [-0.25, -0.2) is 4.98 Å². The highest BCUT2D eigenvalue weighted by Gasteiger charge is 2.17. The Bertz CT molecular complexity index is 960. The normalized spacial score (nSPS) is 10.8. The lowest BCUT2D eigenvalue weighted by Crippen LogP contribution is -2.36. The van der Waals surface area contributed by atoms with Crippen LogP contribution in [0.15, 0.2) is 60.2 Å². The Morgan fingerprint density at radius 3 is 2.80 bits per heavy atom. The number of carbonyl (C=O) groups excluding carboxylic acids is 1. The van der Waals surface area contributed by atoms with Crippen molar-refractivity contribution < 1.29 is 4.79 Å². The number of amides is 1. The number of hydrogen-bond donors (Lipinski definition) is 0. The molecule has 0 aliphatic carbocycles. The minimum Gasteiger partial charge on any atom is -0.307 e. The predicted octanol–water partition coefficient (Wildman–Crippen LogP) is 3.24. The van der Waals surface area contributed by atoms with Crippen LogP contribution >= 0.6 is 11.3 Å². The fourth-order valence-corrected chi connectivity index (χ4v) is 3.54. The van der Waals surface area contributed by atoms with E-state index in [2.05, 4.69) is 11.6 Å². The number of hydrogen-bond acceptors (Lipinski definition) is 4. The van der Waals surface area contributed by atoms with Gasteiger partial charge in [-0.2, -0.15) is 0 Å². The minimum absolute atomic E-state index is 0.0538. The Kier molecular flexibility index (Phi) is 5.09. The lowest BCUT2D eigenvalue weighted by Gasteiger charge is -2.21. The topological polar surface area (TPSA) is 55.2 Å². The maximum absolute atomic E-state index is 12.7. The Balaban J connectivity index is 1.91. The van der Waals surface area contributed by atoms with Gasteiger partial charge in [0.2, 0.25) is 5.91 Å². The van der Waals surface area contributed by atoms with Gasteiger partial charge in [0.25, 0.3) is 5.56 Å². The fourth-order valence-electron chi connectivity index (χ4n) is 2.62. The zero-order chi connectivity index (χ0) is 17.8. The highest BCUT2D eigenvalue weighted by molar-refractivity contribution is 7.18. The van der Waals surface area contributed by atoms with Gasteiger partial charge in [0, 0.05) is 17.1 Å². The molecule has 1 aromatic carbocycles. The molecule has 0 unspecified atom stereocenters. The molecule has 0 spiro atoms. The van der Waals surface area contributed by atoms with Crippen molar-refractivity contribution in [3.05, 3.63) is 70.6 Å². The van der Waals surface area contributed by atoms with Gasteiger partial charge in [-0.1, -0.05) is 31.2 Å². The average molecular weight is 353 g/mol. The number of thiophene rings is 1. The summed E-state index contributed by atoms with van der Waals surface area (Å²) in [5.41, 5.74) is 0.596. The smallest absolute Gasteiger partial charge is 0.262 e. The van der Waals surface area contributed by atoms with Crippen molar-refractivity contribution in [1.82, 2.24) is 9.55 Å². The zero-order valence-corrected chi connectivity index (χ0v) is 14.8. The van der Waals surface area contributed by atoms with Gasteiger partial charge in [0.15, 0.2) is 0 Å². The van der Waals surface area contributed by atoms with Crippen molar-refractivity contribution in [1.29, 1.82) is 0 Å². The molecule has 0 N–H and O–H groups in total. The largest absolute Gasteiger partial charge is 0.307 e. The molecule has 0 fully saturated rings. The molecule has 3 rings (SSSR count). The minimum atomic E-state index is -0.180. The van der Waals surface area contributed by atoms with Gasteiger partial charge in [-0.05, 0) is 24.6 Å². The second kappa shape index (κ2) is 7.44. The number of nitrogens with zero attached hydrogens (tertiary/aromatic N) is 3. The van der Waals surface area contributed by atoms with Gasteiger partial charge in [-0.3, -0.25) is 14.2 Å². The third-order valence-corrected chi connectivity index (χ3v) is 5.09. The van der Waals surface area contributed by atoms with Gasteiger partial charge < -0.3 is 4.90 Å². The zero-order valence-electron chi connectivity index (χ0n) is 14.0. The molecule has 128 valence electrons. The lowest BCUT2D eigenvalue weighted by atomic mass is 10.2. The molecule has 1 amide bonds. The molecule has 0 bridgehead atoms. The molecule has 0 saturated carbocycles. The maximum Gasteiger partial charge on any atom is 0.262 e. The van der Waals surface area contributed by atoms with Crippen molar-refractivity contribution in [2.45, 2.75) is 19.9 Å². The predicted molar refractivity (Wildman–Crippen MR) is 102 cm³/mol. The fraction of sp³-hybridized carbons (Fsp3) is 0.211. The molecule has 2 heterocycles. The second-order valence-electron chi connectivity index (χ2n) is 5.59. The summed E-state index contributed by atoms with van der Waals surface area (Å²) in [7, 11) is 0. The first-order valence-electron chi connectivity index (χ1n) is 8.08. The van der Waals surface area contributed by atoms with Crippen molar-refractivity contribution in [3.63, 3.8) is 0 Å². The molecule has 6 heteroatoms. The Morgan fingerprint density at radius 2 is 2.12 bits per heavy atom. The Morgan fingerprint density at radius 1 is 1.36 bits per heavy atom. The van der Waals surface area contributed by atoms with Crippen LogP contribution in [-0.2, 0) is 17.8 Å². The van der Waals surface area contributed by atoms with Crippen LogP contribution in [0.4, 0.5) is 5.69 Å². The van der Waals surface area contributed by atoms with Crippen LogP contribution in [0.5, 0.6) is 0 Å². The molecule has 0 radical (unpaired) electrons. The van der Waals surface area contributed by atoms with Gasteiger partial charge in [-0.15, -0.1) is 17.9 Å². The molecule has 25 heavy (non-hydrogen) atoms. The van der Waals surface area contributed by atoms with E-state index in [-0.39, 0.29) is 18.0 Å². The van der Waals surface area contributed by atoms with Crippen molar-refractivity contribution in [3.8, 4) is 0 Å². The van der Waals surface area contributed by atoms with Gasteiger partial charge >= 0.3 is 0 Å². The number of aryl methyl sites for hydroxylation is 1. The summed E-state index contributed by atoms with van der Waals surface area (Å²) in [5.74, 6) is -0.180. The van der Waals surface area contributed by atoms with Crippen molar-refractivity contribution >= 4 is 33.1 Å². The van der Waals surface area contributed by atoms with Crippen LogP contribution in [0.3, 0.4) is 0 Å². The number of anilines is 1. The van der Waals surface area contributed by atoms with Gasteiger partial charge in [0.1, 0.15) is 11.4 Å². The van der Waals surface area contributed by atoms with Crippen molar-refractivity contribution in [2.75, 3.05) is 11.4 Å². The van der Waals surface area contributed by atoms with E-state index in [0.717, 1.165) is 21.8 Å². The number of rotatable bonds is 6. The molecule has 0 aliphatic rings.